The fourth-order valence-corrected chi connectivity index (χ4v) is 1.24. The van der Waals surface area contributed by atoms with Crippen LogP contribution in [0.5, 0.6) is 11.5 Å². The molecule has 0 spiro atoms. The number of aromatic hydroxyl groups is 1. The molecule has 1 rings (SSSR count). The van der Waals surface area contributed by atoms with Crippen molar-refractivity contribution in [3.8, 4) is 17.6 Å². The van der Waals surface area contributed by atoms with Gasteiger partial charge in [-0.2, -0.15) is 5.26 Å². The van der Waals surface area contributed by atoms with Crippen molar-refractivity contribution >= 4 is 0 Å². The lowest BCUT2D eigenvalue weighted by Crippen LogP contribution is -2.16. The summed E-state index contributed by atoms with van der Waals surface area (Å²) in [4.78, 5) is 0. The predicted molar refractivity (Wildman–Crippen MR) is 57.6 cm³/mol. The summed E-state index contributed by atoms with van der Waals surface area (Å²) in [6.45, 7) is 4.09. The summed E-state index contributed by atoms with van der Waals surface area (Å²) in [7, 11) is 0. The van der Waals surface area contributed by atoms with Gasteiger partial charge in [0.1, 0.15) is 17.6 Å². The van der Waals surface area contributed by atoms with Crippen molar-refractivity contribution in [2.75, 3.05) is 0 Å². The second kappa shape index (κ2) is 5.26. The Morgan fingerprint density at radius 1 is 1.33 bits per heavy atom. The minimum atomic E-state index is -0.422. The monoisotopic (exact) mass is 205 g/mol. The molecule has 0 aliphatic rings. The van der Waals surface area contributed by atoms with E-state index in [2.05, 4.69) is 6.07 Å². The molecule has 15 heavy (non-hydrogen) atoms. The number of nitrogens with zero attached hydrogens (tertiary/aromatic N) is 1. The molecule has 0 fully saturated rings. The zero-order valence-corrected chi connectivity index (χ0v) is 8.97. The van der Waals surface area contributed by atoms with Gasteiger partial charge in [-0.15, -0.1) is 0 Å². The first-order valence-electron chi connectivity index (χ1n) is 4.97. The molecule has 1 aromatic rings. The minimum absolute atomic E-state index is 0.194. The third kappa shape index (κ3) is 3.90. The molecule has 0 radical (unpaired) electrons. The summed E-state index contributed by atoms with van der Waals surface area (Å²) < 4.78 is 5.46. The van der Waals surface area contributed by atoms with E-state index in [9.17, 15) is 0 Å². The molecule has 0 aliphatic carbocycles. The van der Waals surface area contributed by atoms with Gasteiger partial charge in [0, 0.05) is 6.42 Å². The molecule has 3 nitrogen and oxygen atoms in total. The van der Waals surface area contributed by atoms with Gasteiger partial charge in [0.15, 0.2) is 6.10 Å². The Morgan fingerprint density at radius 2 is 1.93 bits per heavy atom. The summed E-state index contributed by atoms with van der Waals surface area (Å²) in [5.41, 5.74) is 0. The van der Waals surface area contributed by atoms with E-state index in [-0.39, 0.29) is 5.75 Å². The van der Waals surface area contributed by atoms with Gasteiger partial charge in [0.05, 0.1) is 0 Å². The van der Waals surface area contributed by atoms with Gasteiger partial charge in [-0.25, -0.2) is 0 Å². The lowest BCUT2D eigenvalue weighted by molar-refractivity contribution is 0.226. The number of rotatable bonds is 4. The van der Waals surface area contributed by atoms with Crippen LogP contribution in [0.3, 0.4) is 0 Å². The normalized spacial score (nSPS) is 12.1. The van der Waals surface area contributed by atoms with Gasteiger partial charge in [-0.1, -0.05) is 13.8 Å². The number of phenols is 1. The standard InChI is InChI=1S/C12H15NO2/c1-9(2)7-12(8-13)15-11-5-3-10(14)4-6-11/h3-6,9,12,14H,7H2,1-2H3/t12-/m1/s1. The van der Waals surface area contributed by atoms with Gasteiger partial charge in [0.25, 0.3) is 0 Å². The maximum atomic E-state index is 9.07. The zero-order chi connectivity index (χ0) is 11.3. The Kier molecular flexibility index (Phi) is 3.99. The van der Waals surface area contributed by atoms with E-state index >= 15 is 0 Å². The van der Waals surface area contributed by atoms with Crippen LogP contribution in [0, 0.1) is 17.2 Å². The largest absolute Gasteiger partial charge is 0.508 e. The van der Waals surface area contributed by atoms with E-state index in [1.54, 1.807) is 24.3 Å². The van der Waals surface area contributed by atoms with Crippen LogP contribution in [-0.4, -0.2) is 11.2 Å². The molecule has 0 bridgehead atoms. The summed E-state index contributed by atoms with van der Waals surface area (Å²) in [6.07, 6.45) is 0.284. The van der Waals surface area contributed by atoms with Crippen LogP contribution in [-0.2, 0) is 0 Å². The number of hydrogen-bond donors (Lipinski definition) is 1. The Labute approximate surface area is 89.9 Å². The fraction of sp³-hybridized carbons (Fsp3) is 0.417. The first kappa shape index (κ1) is 11.4. The highest BCUT2D eigenvalue weighted by Crippen LogP contribution is 2.19. The molecule has 80 valence electrons. The summed E-state index contributed by atoms with van der Waals surface area (Å²) in [5.74, 6) is 1.23. The van der Waals surface area contributed by atoms with Crippen molar-refractivity contribution in [3.63, 3.8) is 0 Å². The van der Waals surface area contributed by atoms with Crippen molar-refractivity contribution in [3.05, 3.63) is 24.3 Å². The topological polar surface area (TPSA) is 53.2 Å². The summed E-state index contributed by atoms with van der Waals surface area (Å²) >= 11 is 0. The zero-order valence-electron chi connectivity index (χ0n) is 8.97. The van der Waals surface area contributed by atoms with Crippen molar-refractivity contribution < 1.29 is 9.84 Å². The molecular formula is C12H15NO2. The Bertz CT molecular complexity index is 338. The van der Waals surface area contributed by atoms with Crippen molar-refractivity contribution in [2.45, 2.75) is 26.4 Å². The van der Waals surface area contributed by atoms with Crippen LogP contribution < -0.4 is 4.74 Å². The van der Waals surface area contributed by atoms with Crippen LogP contribution in [0.1, 0.15) is 20.3 Å². The molecule has 1 atom stereocenters. The molecular weight excluding hydrogens is 190 g/mol. The maximum Gasteiger partial charge on any atom is 0.184 e. The molecule has 0 saturated carbocycles. The van der Waals surface area contributed by atoms with Gasteiger partial charge in [-0.05, 0) is 30.2 Å². The van der Waals surface area contributed by atoms with Crippen molar-refractivity contribution in [2.24, 2.45) is 5.92 Å². The number of phenolic OH excluding ortho intramolecular Hbond substituents is 1. The highest BCUT2D eigenvalue weighted by atomic mass is 16.5. The van der Waals surface area contributed by atoms with Crippen LogP contribution in [0.2, 0.25) is 0 Å². The van der Waals surface area contributed by atoms with E-state index in [0.717, 1.165) is 0 Å². The van der Waals surface area contributed by atoms with Gasteiger partial charge in [-0.3, -0.25) is 0 Å². The van der Waals surface area contributed by atoms with E-state index in [0.29, 0.717) is 18.1 Å². The second-order valence-corrected chi connectivity index (χ2v) is 3.86. The van der Waals surface area contributed by atoms with Gasteiger partial charge < -0.3 is 9.84 Å². The first-order valence-corrected chi connectivity index (χ1v) is 4.97. The molecule has 1 aromatic carbocycles. The van der Waals surface area contributed by atoms with Gasteiger partial charge >= 0.3 is 0 Å². The lowest BCUT2D eigenvalue weighted by Gasteiger charge is -2.14. The highest BCUT2D eigenvalue weighted by Gasteiger charge is 2.11. The van der Waals surface area contributed by atoms with Crippen LogP contribution in [0.25, 0.3) is 0 Å². The van der Waals surface area contributed by atoms with E-state index in [4.69, 9.17) is 15.1 Å². The first-order chi connectivity index (χ1) is 7.11. The SMILES string of the molecule is CC(C)C[C@H](C#N)Oc1ccc(O)cc1. The van der Waals surface area contributed by atoms with E-state index < -0.39 is 6.10 Å². The Balaban J connectivity index is 2.60. The molecule has 3 heteroatoms. The third-order valence-corrected chi connectivity index (χ3v) is 1.94. The number of hydrogen-bond acceptors (Lipinski definition) is 3. The second-order valence-electron chi connectivity index (χ2n) is 3.86. The van der Waals surface area contributed by atoms with Crippen LogP contribution >= 0.6 is 0 Å². The average Bonchev–Trinajstić information content (AvgIpc) is 2.19. The van der Waals surface area contributed by atoms with Crippen LogP contribution in [0.15, 0.2) is 24.3 Å². The average molecular weight is 205 g/mol. The van der Waals surface area contributed by atoms with Crippen molar-refractivity contribution in [1.82, 2.24) is 0 Å². The molecule has 0 aromatic heterocycles. The molecule has 0 heterocycles. The number of benzene rings is 1. The lowest BCUT2D eigenvalue weighted by atomic mass is 10.1. The van der Waals surface area contributed by atoms with Crippen molar-refractivity contribution in [1.29, 1.82) is 5.26 Å². The smallest absolute Gasteiger partial charge is 0.184 e. The quantitative estimate of drug-likeness (QED) is 0.822. The number of ether oxygens (including phenoxy) is 1. The van der Waals surface area contributed by atoms with Crippen LogP contribution in [0.4, 0.5) is 0 Å². The summed E-state index contributed by atoms with van der Waals surface area (Å²) in [6, 6.07) is 8.50. The number of nitriles is 1. The molecule has 0 unspecified atom stereocenters. The Hall–Kier alpha value is -1.69. The predicted octanol–water partition coefficient (Wildman–Crippen LogP) is 2.71. The fourth-order valence-electron chi connectivity index (χ4n) is 1.24. The van der Waals surface area contributed by atoms with E-state index in [1.807, 2.05) is 13.8 Å². The minimum Gasteiger partial charge on any atom is -0.508 e. The Morgan fingerprint density at radius 3 is 2.40 bits per heavy atom. The highest BCUT2D eigenvalue weighted by molar-refractivity contribution is 5.30. The maximum absolute atomic E-state index is 9.07. The summed E-state index contributed by atoms with van der Waals surface area (Å²) in [5, 5.41) is 17.9. The van der Waals surface area contributed by atoms with Gasteiger partial charge in [0.2, 0.25) is 0 Å². The molecule has 0 saturated heterocycles. The molecule has 0 amide bonds. The van der Waals surface area contributed by atoms with E-state index in [1.165, 1.54) is 0 Å². The third-order valence-electron chi connectivity index (χ3n) is 1.94. The molecule has 0 aliphatic heterocycles. The molecule has 1 N–H and O–H groups in total.